The fraction of sp³-hybridized carbons (Fsp3) is 0.700. The summed E-state index contributed by atoms with van der Waals surface area (Å²) in [6.07, 6.45) is 4.81. The zero-order chi connectivity index (χ0) is 25.2. The number of rotatable bonds is 16. The molecule has 0 saturated heterocycles. The number of hydrogen-bond donors (Lipinski definition) is 0. The largest absolute Gasteiger partial charge is 2.00 e. The molecule has 188 valence electrons. The van der Waals surface area contributed by atoms with Gasteiger partial charge in [-0.15, -0.1) is 0 Å². The van der Waals surface area contributed by atoms with Gasteiger partial charge in [0.25, 0.3) is 0 Å². The quantitative estimate of drug-likeness (QED) is 0.0932. The number of esters is 2. The van der Waals surface area contributed by atoms with Crippen molar-refractivity contribution in [2.75, 3.05) is 24.7 Å². The van der Waals surface area contributed by atoms with E-state index in [1.54, 1.807) is 13.8 Å². The Morgan fingerprint density at radius 1 is 0.636 bits per heavy atom. The van der Waals surface area contributed by atoms with Crippen molar-refractivity contribution in [1.29, 1.82) is 0 Å². The van der Waals surface area contributed by atoms with Gasteiger partial charge < -0.3 is 18.6 Å². The first-order valence-corrected chi connectivity index (χ1v) is 13.3. The minimum Gasteiger partial charge on any atom is -0.748 e. The Morgan fingerprint density at radius 3 is 1.15 bits per heavy atom. The average Bonchev–Trinajstić information content (AvgIpc) is 2.64. The Morgan fingerprint density at radius 2 is 0.909 bits per heavy atom. The van der Waals surface area contributed by atoms with Gasteiger partial charge in [-0.2, -0.15) is 0 Å². The molecule has 33 heavy (non-hydrogen) atoms. The Balaban J connectivity index is -0.000000529. The molecule has 0 aliphatic carbocycles. The van der Waals surface area contributed by atoms with Crippen molar-refractivity contribution in [2.45, 2.75) is 65.2 Å². The number of ether oxygens (including phenoxy) is 2. The first-order valence-electron chi connectivity index (χ1n) is 10.2. The van der Waals surface area contributed by atoms with Crippen molar-refractivity contribution < 1.29 is 45.0 Å². The smallest absolute Gasteiger partial charge is 0.748 e. The van der Waals surface area contributed by atoms with Gasteiger partial charge in [0.15, 0.2) is 0 Å². The van der Waals surface area contributed by atoms with Gasteiger partial charge in [-0.05, 0) is 39.5 Å². The van der Waals surface area contributed by atoms with Crippen LogP contribution in [0, 0.1) is 0 Å². The fourth-order valence-corrected chi connectivity index (χ4v) is 3.16. The molecule has 0 rings (SSSR count). The molecule has 0 aliphatic heterocycles. The van der Waals surface area contributed by atoms with Crippen LogP contribution in [0.1, 0.15) is 65.2 Å². The van der Waals surface area contributed by atoms with E-state index < -0.39 is 32.2 Å². The van der Waals surface area contributed by atoms with Crippen LogP contribution in [0.3, 0.4) is 0 Å². The zero-order valence-corrected chi connectivity index (χ0v) is 23.3. The topological polar surface area (TPSA) is 167 Å². The molecule has 10 nitrogen and oxygen atoms in total. The number of carbonyl (C=O) groups is 2. The maximum atomic E-state index is 10.9. The van der Waals surface area contributed by atoms with E-state index in [0.717, 1.165) is 12.8 Å². The van der Waals surface area contributed by atoms with Crippen LogP contribution in [-0.2, 0) is 39.3 Å². The van der Waals surface area contributed by atoms with Crippen LogP contribution >= 0.6 is 0 Å². The fourth-order valence-electron chi connectivity index (χ4n) is 2.05. The van der Waals surface area contributed by atoms with E-state index in [0.29, 0.717) is 62.9 Å². The SMILES string of the molecule is C=C(C)C(=O)OCCCCCCS(=O)(=O)[O-].C=C(C)C(=O)OCCCCCCS(=O)(=O)[O-].[Ca+2]. The van der Waals surface area contributed by atoms with Crippen molar-refractivity contribution in [3.8, 4) is 0 Å². The number of carbonyl (C=O) groups excluding carboxylic acids is 2. The zero-order valence-electron chi connectivity index (χ0n) is 19.5. The molecule has 0 atom stereocenters. The molecule has 0 saturated carbocycles. The molecular formula is C20H34CaO10S2. The molecule has 0 radical (unpaired) electrons. The van der Waals surface area contributed by atoms with E-state index in [2.05, 4.69) is 13.2 Å². The average molecular weight is 539 g/mol. The molecule has 0 heterocycles. The molecule has 0 aromatic rings. The monoisotopic (exact) mass is 538 g/mol. The molecule has 0 bridgehead atoms. The molecule has 13 heteroatoms. The summed E-state index contributed by atoms with van der Waals surface area (Å²) in [6, 6.07) is 0. The Bertz CT molecular complexity index is 737. The third-order valence-electron chi connectivity index (χ3n) is 3.74. The molecule has 0 aromatic heterocycles. The van der Waals surface area contributed by atoms with E-state index in [-0.39, 0.29) is 49.2 Å². The molecular weight excluding hydrogens is 504 g/mol. The van der Waals surface area contributed by atoms with Gasteiger partial charge in [-0.3, -0.25) is 0 Å². The molecule has 0 fully saturated rings. The Kier molecular flexibility index (Phi) is 23.4. The third kappa shape index (κ3) is 31.5. The number of unbranched alkanes of at least 4 members (excludes halogenated alkanes) is 6. The summed E-state index contributed by atoms with van der Waals surface area (Å²) < 4.78 is 71.2. The normalized spacial score (nSPS) is 10.8. The Hall–Kier alpha value is -0.500. The first-order chi connectivity index (χ1) is 14.7. The van der Waals surface area contributed by atoms with Crippen molar-refractivity contribution in [3.05, 3.63) is 24.3 Å². The first kappa shape index (κ1) is 37.1. The second-order valence-electron chi connectivity index (χ2n) is 7.18. The van der Waals surface area contributed by atoms with Crippen molar-refractivity contribution >= 4 is 69.9 Å². The van der Waals surface area contributed by atoms with Gasteiger partial charge in [-0.25, -0.2) is 26.4 Å². The molecule has 0 aromatic carbocycles. The standard InChI is InChI=1S/2C10H18O5S.Ca/c2*1-9(2)10(11)15-7-5-3-4-6-8-16(12,13)14;/h2*1,3-8H2,2H3,(H,12,13,14);/q;;+2/p-2. The summed E-state index contributed by atoms with van der Waals surface area (Å²) in [5.41, 5.74) is 0.717. The van der Waals surface area contributed by atoms with Crippen LogP contribution < -0.4 is 0 Å². The molecule has 0 amide bonds. The molecule has 0 spiro atoms. The molecule has 0 unspecified atom stereocenters. The maximum Gasteiger partial charge on any atom is 2.00 e. The van der Waals surface area contributed by atoms with Crippen molar-refractivity contribution in [1.82, 2.24) is 0 Å². The predicted molar refractivity (Wildman–Crippen MR) is 123 cm³/mol. The van der Waals surface area contributed by atoms with Gasteiger partial charge in [0.2, 0.25) is 0 Å². The van der Waals surface area contributed by atoms with Crippen LogP contribution in [-0.4, -0.2) is 100 Å². The Labute approximate surface area is 227 Å². The van der Waals surface area contributed by atoms with Crippen molar-refractivity contribution in [3.63, 3.8) is 0 Å². The summed E-state index contributed by atoms with van der Waals surface area (Å²) in [5.74, 6) is -1.47. The molecule has 0 aliphatic rings. The van der Waals surface area contributed by atoms with Crippen LogP contribution in [0.4, 0.5) is 0 Å². The summed E-state index contributed by atoms with van der Waals surface area (Å²) in [4.78, 5) is 21.8. The van der Waals surface area contributed by atoms with E-state index in [1.807, 2.05) is 0 Å². The maximum absolute atomic E-state index is 10.9. The van der Waals surface area contributed by atoms with Crippen LogP contribution in [0.25, 0.3) is 0 Å². The summed E-state index contributed by atoms with van der Waals surface area (Å²) in [6.45, 7) is 10.6. The number of hydrogen-bond acceptors (Lipinski definition) is 10. The second kappa shape index (κ2) is 20.8. The van der Waals surface area contributed by atoms with E-state index >= 15 is 0 Å². The summed E-state index contributed by atoms with van der Waals surface area (Å²) in [7, 11) is -8.18. The van der Waals surface area contributed by atoms with Crippen LogP contribution in [0.5, 0.6) is 0 Å². The minimum atomic E-state index is -4.09. The third-order valence-corrected chi connectivity index (χ3v) is 5.32. The second-order valence-corrected chi connectivity index (χ2v) is 10.2. The van der Waals surface area contributed by atoms with Gasteiger partial charge in [0.05, 0.1) is 33.5 Å². The predicted octanol–water partition coefficient (Wildman–Crippen LogP) is 2.04. The molecule has 0 N–H and O–H groups in total. The van der Waals surface area contributed by atoms with Crippen LogP contribution in [0.15, 0.2) is 24.3 Å². The van der Waals surface area contributed by atoms with Gasteiger partial charge >= 0.3 is 49.7 Å². The summed E-state index contributed by atoms with van der Waals surface area (Å²) in [5, 5.41) is 0. The van der Waals surface area contributed by atoms with Gasteiger partial charge in [0.1, 0.15) is 0 Å². The van der Waals surface area contributed by atoms with Crippen LogP contribution in [0.2, 0.25) is 0 Å². The van der Waals surface area contributed by atoms with Gasteiger partial charge in [-0.1, -0.05) is 38.8 Å². The van der Waals surface area contributed by atoms with Crippen molar-refractivity contribution in [2.24, 2.45) is 0 Å². The minimum absolute atomic E-state index is 0. The van der Waals surface area contributed by atoms with E-state index in [9.17, 15) is 35.5 Å². The van der Waals surface area contributed by atoms with E-state index in [1.165, 1.54) is 0 Å². The van der Waals surface area contributed by atoms with E-state index in [4.69, 9.17) is 9.47 Å². The summed E-state index contributed by atoms with van der Waals surface area (Å²) >= 11 is 0. The van der Waals surface area contributed by atoms with Gasteiger partial charge in [0, 0.05) is 22.7 Å².